The van der Waals surface area contributed by atoms with Crippen molar-refractivity contribution in [2.75, 3.05) is 6.54 Å². The number of rotatable bonds is 3. The molecule has 17 heavy (non-hydrogen) atoms. The van der Waals surface area contributed by atoms with Gasteiger partial charge in [0.1, 0.15) is 5.84 Å². The van der Waals surface area contributed by atoms with Gasteiger partial charge in [-0.3, -0.25) is 5.41 Å². The number of hydrogen-bond donors (Lipinski definition) is 2. The van der Waals surface area contributed by atoms with E-state index in [9.17, 15) is 8.42 Å². The molecule has 5 nitrogen and oxygen atoms in total. The molecule has 0 saturated carbocycles. The van der Waals surface area contributed by atoms with E-state index in [-0.39, 0.29) is 10.7 Å². The zero-order valence-electron chi connectivity index (χ0n) is 9.33. The van der Waals surface area contributed by atoms with Crippen molar-refractivity contribution in [1.29, 1.82) is 5.41 Å². The highest BCUT2D eigenvalue weighted by Crippen LogP contribution is 2.25. The van der Waals surface area contributed by atoms with Crippen molar-refractivity contribution in [3.05, 3.63) is 30.3 Å². The summed E-state index contributed by atoms with van der Waals surface area (Å²) in [5.41, 5.74) is 5.44. The minimum Gasteiger partial charge on any atom is -0.386 e. The standard InChI is InChI=1S/C11H15N3O2S/c12-11(13)10-7-4-8-14(10)17(15,16)9-5-2-1-3-6-9/h1-3,5-6,10H,4,7-8H2,(H3,12,13)/t10-/m1/s1. The molecule has 3 N–H and O–H groups in total. The van der Waals surface area contributed by atoms with Crippen molar-refractivity contribution in [2.24, 2.45) is 5.73 Å². The van der Waals surface area contributed by atoms with Crippen LogP contribution in [0.2, 0.25) is 0 Å². The van der Waals surface area contributed by atoms with Gasteiger partial charge in [0.25, 0.3) is 0 Å². The molecule has 1 aliphatic heterocycles. The van der Waals surface area contributed by atoms with Crippen LogP contribution in [-0.2, 0) is 10.0 Å². The first-order chi connectivity index (χ1) is 8.03. The van der Waals surface area contributed by atoms with E-state index >= 15 is 0 Å². The maximum absolute atomic E-state index is 12.3. The minimum atomic E-state index is -3.52. The summed E-state index contributed by atoms with van der Waals surface area (Å²) in [6.07, 6.45) is 1.37. The van der Waals surface area contributed by atoms with Crippen molar-refractivity contribution in [3.8, 4) is 0 Å². The predicted molar refractivity (Wildman–Crippen MR) is 65.3 cm³/mol. The van der Waals surface area contributed by atoms with Gasteiger partial charge in [-0.25, -0.2) is 8.42 Å². The van der Waals surface area contributed by atoms with E-state index in [1.54, 1.807) is 30.3 Å². The van der Waals surface area contributed by atoms with Gasteiger partial charge in [-0.15, -0.1) is 0 Å². The van der Waals surface area contributed by atoms with Crippen LogP contribution in [0.5, 0.6) is 0 Å². The Morgan fingerprint density at radius 1 is 1.35 bits per heavy atom. The smallest absolute Gasteiger partial charge is 0.243 e. The first-order valence-electron chi connectivity index (χ1n) is 5.44. The molecule has 6 heteroatoms. The highest BCUT2D eigenvalue weighted by atomic mass is 32.2. The summed E-state index contributed by atoms with van der Waals surface area (Å²) < 4.78 is 26.0. The first kappa shape index (κ1) is 12.1. The summed E-state index contributed by atoms with van der Waals surface area (Å²) in [4.78, 5) is 0.258. The molecule has 0 aromatic heterocycles. The van der Waals surface area contributed by atoms with E-state index in [0.29, 0.717) is 13.0 Å². The second kappa shape index (κ2) is 4.46. The Morgan fingerprint density at radius 2 is 2.00 bits per heavy atom. The molecule has 0 aliphatic carbocycles. The first-order valence-corrected chi connectivity index (χ1v) is 6.88. The fraction of sp³-hybridized carbons (Fsp3) is 0.364. The molecular formula is C11H15N3O2S. The molecule has 0 unspecified atom stereocenters. The minimum absolute atomic E-state index is 0.0815. The average Bonchev–Trinajstić information content (AvgIpc) is 2.80. The van der Waals surface area contributed by atoms with Crippen LogP contribution < -0.4 is 5.73 Å². The van der Waals surface area contributed by atoms with Crippen molar-refractivity contribution < 1.29 is 8.42 Å². The van der Waals surface area contributed by atoms with Crippen LogP contribution in [0.3, 0.4) is 0 Å². The van der Waals surface area contributed by atoms with E-state index < -0.39 is 16.1 Å². The maximum Gasteiger partial charge on any atom is 0.243 e. The quantitative estimate of drug-likeness (QED) is 0.616. The molecule has 1 aromatic rings. The van der Waals surface area contributed by atoms with Crippen LogP contribution in [0.15, 0.2) is 35.2 Å². The normalized spacial score (nSPS) is 21.5. The summed E-state index contributed by atoms with van der Waals surface area (Å²) in [5, 5.41) is 7.44. The molecule has 1 aliphatic rings. The molecule has 1 fully saturated rings. The second-order valence-electron chi connectivity index (χ2n) is 4.04. The van der Waals surface area contributed by atoms with Crippen LogP contribution >= 0.6 is 0 Å². The second-order valence-corrected chi connectivity index (χ2v) is 5.93. The zero-order chi connectivity index (χ0) is 12.5. The fourth-order valence-corrected chi connectivity index (χ4v) is 3.76. The lowest BCUT2D eigenvalue weighted by atomic mass is 10.2. The van der Waals surface area contributed by atoms with Gasteiger partial charge in [0.15, 0.2) is 0 Å². The fourth-order valence-electron chi connectivity index (χ4n) is 2.07. The van der Waals surface area contributed by atoms with Crippen molar-refractivity contribution >= 4 is 15.9 Å². The van der Waals surface area contributed by atoms with Crippen LogP contribution in [0, 0.1) is 5.41 Å². The number of sulfonamides is 1. The zero-order valence-corrected chi connectivity index (χ0v) is 10.2. The van der Waals surface area contributed by atoms with Crippen LogP contribution in [0.25, 0.3) is 0 Å². The Balaban J connectivity index is 2.37. The summed E-state index contributed by atoms with van der Waals surface area (Å²) in [6, 6.07) is 7.78. The van der Waals surface area contributed by atoms with Crippen molar-refractivity contribution in [2.45, 2.75) is 23.8 Å². The Bertz CT molecular complexity index is 513. The van der Waals surface area contributed by atoms with Gasteiger partial charge >= 0.3 is 0 Å². The lowest BCUT2D eigenvalue weighted by Crippen LogP contribution is -2.43. The van der Waals surface area contributed by atoms with E-state index in [1.165, 1.54) is 4.31 Å². The van der Waals surface area contributed by atoms with E-state index in [4.69, 9.17) is 11.1 Å². The third-order valence-electron chi connectivity index (χ3n) is 2.91. The van der Waals surface area contributed by atoms with E-state index in [2.05, 4.69) is 0 Å². The predicted octanol–water partition coefficient (Wildman–Crippen LogP) is 0.776. The molecule has 0 amide bonds. The molecule has 1 heterocycles. The highest BCUT2D eigenvalue weighted by molar-refractivity contribution is 7.89. The monoisotopic (exact) mass is 253 g/mol. The molecule has 92 valence electrons. The Kier molecular flexibility index (Phi) is 3.17. The van der Waals surface area contributed by atoms with Gasteiger partial charge in [-0.1, -0.05) is 18.2 Å². The van der Waals surface area contributed by atoms with Crippen LogP contribution in [-0.4, -0.2) is 31.1 Å². The summed E-state index contributed by atoms with van der Waals surface area (Å²) in [7, 11) is -3.52. The van der Waals surface area contributed by atoms with Crippen LogP contribution in [0.4, 0.5) is 0 Å². The van der Waals surface area contributed by atoms with Gasteiger partial charge in [-0.05, 0) is 25.0 Å². The lowest BCUT2D eigenvalue weighted by Gasteiger charge is -2.22. The molecule has 2 rings (SSSR count). The number of nitrogens with one attached hydrogen (secondary N) is 1. The van der Waals surface area contributed by atoms with Crippen molar-refractivity contribution in [1.82, 2.24) is 4.31 Å². The van der Waals surface area contributed by atoms with Crippen LogP contribution in [0.1, 0.15) is 12.8 Å². The molecular weight excluding hydrogens is 238 g/mol. The van der Waals surface area contributed by atoms with Gasteiger partial charge < -0.3 is 5.73 Å². The maximum atomic E-state index is 12.3. The molecule has 1 saturated heterocycles. The van der Waals surface area contributed by atoms with Crippen molar-refractivity contribution in [3.63, 3.8) is 0 Å². The number of nitrogens with zero attached hydrogens (tertiary/aromatic N) is 1. The molecule has 1 aromatic carbocycles. The molecule has 0 spiro atoms. The molecule has 1 atom stereocenters. The third-order valence-corrected chi connectivity index (χ3v) is 4.83. The third kappa shape index (κ3) is 2.18. The van der Waals surface area contributed by atoms with E-state index in [0.717, 1.165) is 6.42 Å². The lowest BCUT2D eigenvalue weighted by molar-refractivity contribution is 0.443. The Labute approximate surface area is 101 Å². The van der Waals surface area contributed by atoms with Gasteiger partial charge in [-0.2, -0.15) is 4.31 Å². The Hall–Kier alpha value is -1.40. The molecule has 0 bridgehead atoms. The average molecular weight is 253 g/mol. The van der Waals surface area contributed by atoms with Gasteiger partial charge in [0, 0.05) is 6.54 Å². The topological polar surface area (TPSA) is 87.2 Å². The number of hydrogen-bond acceptors (Lipinski definition) is 3. The summed E-state index contributed by atoms with van der Waals surface area (Å²) >= 11 is 0. The Morgan fingerprint density at radius 3 is 2.59 bits per heavy atom. The number of amidine groups is 1. The van der Waals surface area contributed by atoms with E-state index in [1.807, 2.05) is 0 Å². The SMILES string of the molecule is N=C(N)[C@H]1CCCN1S(=O)(=O)c1ccccc1. The van der Waals surface area contributed by atoms with Gasteiger partial charge in [0.05, 0.1) is 10.9 Å². The van der Waals surface area contributed by atoms with Gasteiger partial charge in [0.2, 0.25) is 10.0 Å². The summed E-state index contributed by atoms with van der Waals surface area (Å²) in [6.45, 7) is 0.432. The number of nitrogens with two attached hydrogens (primary N) is 1. The highest BCUT2D eigenvalue weighted by Gasteiger charge is 2.36. The largest absolute Gasteiger partial charge is 0.386 e. The molecule has 0 radical (unpaired) electrons. The number of benzene rings is 1. The summed E-state index contributed by atoms with van der Waals surface area (Å²) in [5.74, 6) is -0.0815.